The lowest BCUT2D eigenvalue weighted by atomic mass is 10.1. The first-order valence-corrected chi connectivity index (χ1v) is 7.29. The van der Waals surface area contributed by atoms with Gasteiger partial charge in [0.2, 0.25) is 5.91 Å². The Hall–Kier alpha value is -0.610. The van der Waals surface area contributed by atoms with E-state index >= 15 is 0 Å². The lowest BCUT2D eigenvalue weighted by Crippen LogP contribution is -2.40. The second-order valence-electron chi connectivity index (χ2n) is 5.90. The van der Waals surface area contributed by atoms with Gasteiger partial charge in [0.1, 0.15) is 0 Å². The Morgan fingerprint density at radius 3 is 2.78 bits per heavy atom. The highest BCUT2D eigenvalue weighted by Gasteiger charge is 2.35. The van der Waals surface area contributed by atoms with Crippen molar-refractivity contribution in [1.82, 2.24) is 10.2 Å². The molecule has 1 heterocycles. The van der Waals surface area contributed by atoms with Crippen molar-refractivity contribution in [1.29, 1.82) is 0 Å². The molecule has 1 unspecified atom stereocenters. The predicted molar refractivity (Wildman–Crippen MR) is 71.4 cm³/mol. The van der Waals surface area contributed by atoms with Crippen molar-refractivity contribution in [3.05, 3.63) is 0 Å². The molecule has 1 saturated carbocycles. The molecule has 0 aromatic rings. The molecule has 4 nitrogen and oxygen atoms in total. The van der Waals surface area contributed by atoms with Gasteiger partial charge in [0, 0.05) is 25.7 Å². The Morgan fingerprint density at radius 2 is 2.11 bits per heavy atom. The Kier molecular flexibility index (Phi) is 5.01. The van der Waals surface area contributed by atoms with Gasteiger partial charge in [-0.1, -0.05) is 13.8 Å². The van der Waals surface area contributed by atoms with Gasteiger partial charge in [0.05, 0.1) is 12.6 Å². The number of nitrogens with one attached hydrogen (secondary N) is 1. The van der Waals surface area contributed by atoms with Crippen LogP contribution in [0.15, 0.2) is 0 Å². The van der Waals surface area contributed by atoms with Crippen LogP contribution >= 0.6 is 0 Å². The molecular formula is C14H26N2O2. The summed E-state index contributed by atoms with van der Waals surface area (Å²) in [7, 11) is 0. The molecule has 4 heteroatoms. The van der Waals surface area contributed by atoms with Crippen molar-refractivity contribution in [2.45, 2.75) is 51.6 Å². The van der Waals surface area contributed by atoms with Crippen LogP contribution in [0, 0.1) is 5.92 Å². The Labute approximate surface area is 110 Å². The lowest BCUT2D eigenvalue weighted by molar-refractivity contribution is -0.130. The fourth-order valence-corrected chi connectivity index (χ4v) is 2.25. The number of carbonyl (C=O) groups excluding carboxylic acids is 1. The molecule has 1 amide bonds. The minimum atomic E-state index is 0.0770. The fraction of sp³-hybridized carbons (Fsp3) is 0.929. The van der Waals surface area contributed by atoms with Gasteiger partial charge in [-0.2, -0.15) is 0 Å². The topological polar surface area (TPSA) is 41.6 Å². The average Bonchev–Trinajstić information content (AvgIpc) is 3.07. The summed E-state index contributed by atoms with van der Waals surface area (Å²) in [5.74, 6) is 0.958. The third kappa shape index (κ3) is 4.25. The van der Waals surface area contributed by atoms with E-state index in [4.69, 9.17) is 4.74 Å². The molecule has 1 aliphatic carbocycles. The van der Waals surface area contributed by atoms with E-state index in [1.807, 2.05) is 4.90 Å². The van der Waals surface area contributed by atoms with Gasteiger partial charge in [0.25, 0.3) is 0 Å². The maximum absolute atomic E-state index is 12.0. The molecule has 0 radical (unpaired) electrons. The maximum atomic E-state index is 12.0. The summed E-state index contributed by atoms with van der Waals surface area (Å²) < 4.78 is 5.57. The third-order valence-electron chi connectivity index (χ3n) is 3.66. The highest BCUT2D eigenvalue weighted by Crippen LogP contribution is 2.22. The summed E-state index contributed by atoms with van der Waals surface area (Å²) in [6.07, 6.45) is 4.53. The molecule has 0 aromatic heterocycles. The van der Waals surface area contributed by atoms with Crippen LogP contribution in [0.25, 0.3) is 0 Å². The number of likely N-dealkylation sites (tertiary alicyclic amines) is 1. The van der Waals surface area contributed by atoms with Crippen molar-refractivity contribution in [2.75, 3.05) is 26.3 Å². The largest absolute Gasteiger partial charge is 0.380 e. The molecule has 0 aromatic carbocycles. The fourth-order valence-electron chi connectivity index (χ4n) is 2.25. The second kappa shape index (κ2) is 6.53. The van der Waals surface area contributed by atoms with Crippen LogP contribution in [0.3, 0.4) is 0 Å². The average molecular weight is 254 g/mol. The first kappa shape index (κ1) is 13.8. The monoisotopic (exact) mass is 254 g/mol. The highest BCUT2D eigenvalue weighted by molar-refractivity contribution is 5.84. The summed E-state index contributed by atoms with van der Waals surface area (Å²) in [4.78, 5) is 14.0. The molecule has 2 rings (SSSR count). The van der Waals surface area contributed by atoms with Crippen molar-refractivity contribution < 1.29 is 9.53 Å². The van der Waals surface area contributed by atoms with E-state index in [-0.39, 0.29) is 11.9 Å². The van der Waals surface area contributed by atoms with Crippen molar-refractivity contribution >= 4 is 5.91 Å². The minimum Gasteiger partial charge on any atom is -0.380 e. The van der Waals surface area contributed by atoms with Crippen molar-refractivity contribution in [2.24, 2.45) is 5.92 Å². The molecule has 1 aliphatic heterocycles. The predicted octanol–water partition coefficient (Wildman–Crippen LogP) is 1.40. The second-order valence-corrected chi connectivity index (χ2v) is 5.90. The molecule has 1 N–H and O–H groups in total. The molecule has 18 heavy (non-hydrogen) atoms. The minimum absolute atomic E-state index is 0.0770. The standard InChI is InChI=1S/C14H26N2O2/c1-11(2)6-9-18-10-8-16-7-5-13(14(16)17)15-12-3-4-12/h11-13,15H,3-10H2,1-2H3. The van der Waals surface area contributed by atoms with E-state index < -0.39 is 0 Å². The zero-order chi connectivity index (χ0) is 13.0. The van der Waals surface area contributed by atoms with Gasteiger partial charge in [-0.05, 0) is 31.6 Å². The van der Waals surface area contributed by atoms with E-state index in [1.54, 1.807) is 0 Å². The van der Waals surface area contributed by atoms with E-state index in [0.717, 1.165) is 32.5 Å². The third-order valence-corrected chi connectivity index (χ3v) is 3.66. The van der Waals surface area contributed by atoms with Gasteiger partial charge in [0.15, 0.2) is 0 Å². The van der Waals surface area contributed by atoms with Crippen molar-refractivity contribution in [3.8, 4) is 0 Å². The van der Waals surface area contributed by atoms with E-state index in [0.29, 0.717) is 18.6 Å². The van der Waals surface area contributed by atoms with Crippen LogP contribution in [0.5, 0.6) is 0 Å². The number of amides is 1. The molecule has 2 aliphatic rings. The number of rotatable bonds is 8. The highest BCUT2D eigenvalue weighted by atomic mass is 16.5. The molecule has 0 spiro atoms. The van der Waals surface area contributed by atoms with Crippen LogP contribution in [-0.4, -0.2) is 49.2 Å². The summed E-state index contributed by atoms with van der Waals surface area (Å²) in [5.41, 5.74) is 0. The van der Waals surface area contributed by atoms with Gasteiger partial charge in [-0.3, -0.25) is 4.79 Å². The first-order chi connectivity index (χ1) is 8.66. The summed E-state index contributed by atoms with van der Waals surface area (Å²) >= 11 is 0. The molecule has 1 saturated heterocycles. The lowest BCUT2D eigenvalue weighted by Gasteiger charge is -2.17. The van der Waals surface area contributed by atoms with Crippen LogP contribution in [0.4, 0.5) is 0 Å². The first-order valence-electron chi connectivity index (χ1n) is 7.29. The molecule has 104 valence electrons. The molecular weight excluding hydrogens is 228 g/mol. The van der Waals surface area contributed by atoms with E-state index in [1.165, 1.54) is 12.8 Å². The van der Waals surface area contributed by atoms with Crippen LogP contribution in [-0.2, 0) is 9.53 Å². The smallest absolute Gasteiger partial charge is 0.239 e. The Bertz CT molecular complexity index is 277. The van der Waals surface area contributed by atoms with Gasteiger partial charge in [-0.25, -0.2) is 0 Å². The Morgan fingerprint density at radius 1 is 1.33 bits per heavy atom. The summed E-state index contributed by atoms with van der Waals surface area (Å²) in [6.45, 7) is 7.51. The number of hydrogen-bond acceptors (Lipinski definition) is 3. The van der Waals surface area contributed by atoms with Crippen LogP contribution < -0.4 is 5.32 Å². The number of hydrogen-bond donors (Lipinski definition) is 1. The quantitative estimate of drug-likeness (QED) is 0.666. The Balaban J connectivity index is 1.57. The zero-order valence-electron chi connectivity index (χ0n) is 11.7. The van der Waals surface area contributed by atoms with Crippen LogP contribution in [0.1, 0.15) is 39.5 Å². The number of carbonyl (C=O) groups is 1. The van der Waals surface area contributed by atoms with E-state index in [2.05, 4.69) is 19.2 Å². The normalized spacial score (nSPS) is 24.3. The molecule has 1 atom stereocenters. The zero-order valence-corrected chi connectivity index (χ0v) is 11.7. The van der Waals surface area contributed by atoms with Crippen LogP contribution in [0.2, 0.25) is 0 Å². The van der Waals surface area contributed by atoms with Gasteiger partial charge in [-0.15, -0.1) is 0 Å². The van der Waals surface area contributed by atoms with Gasteiger partial charge < -0.3 is 15.0 Å². The number of ether oxygens (including phenoxy) is 1. The maximum Gasteiger partial charge on any atom is 0.239 e. The van der Waals surface area contributed by atoms with Crippen molar-refractivity contribution in [3.63, 3.8) is 0 Å². The molecule has 2 fully saturated rings. The SMILES string of the molecule is CC(C)CCOCCN1CCC(NC2CC2)C1=O. The summed E-state index contributed by atoms with van der Waals surface area (Å²) in [6, 6.07) is 0.689. The molecule has 0 bridgehead atoms. The van der Waals surface area contributed by atoms with Gasteiger partial charge >= 0.3 is 0 Å². The number of nitrogens with zero attached hydrogens (tertiary/aromatic N) is 1. The van der Waals surface area contributed by atoms with E-state index in [9.17, 15) is 4.79 Å². The summed E-state index contributed by atoms with van der Waals surface area (Å²) in [5, 5.41) is 3.42.